The molecule has 0 spiro atoms. The highest BCUT2D eigenvalue weighted by atomic mass is 15.1. The van der Waals surface area contributed by atoms with Gasteiger partial charge < -0.3 is 10.2 Å². The number of nitrogens with zero attached hydrogens (tertiary/aromatic N) is 1. The number of nitrogens with one attached hydrogen (secondary N) is 1. The molecular formula is C17H34N2. The van der Waals surface area contributed by atoms with E-state index in [1.54, 1.807) is 0 Å². The summed E-state index contributed by atoms with van der Waals surface area (Å²) in [4.78, 5) is 2.75. The second kappa shape index (κ2) is 6.13. The van der Waals surface area contributed by atoms with E-state index in [9.17, 15) is 0 Å². The van der Waals surface area contributed by atoms with Crippen molar-refractivity contribution in [2.24, 2.45) is 11.3 Å². The van der Waals surface area contributed by atoms with E-state index in [0.29, 0.717) is 5.41 Å². The third-order valence-electron chi connectivity index (χ3n) is 5.09. The lowest BCUT2D eigenvalue weighted by Crippen LogP contribution is -2.49. The molecule has 2 aliphatic rings. The van der Waals surface area contributed by atoms with Crippen LogP contribution in [0.3, 0.4) is 0 Å². The molecule has 2 rings (SSSR count). The zero-order valence-electron chi connectivity index (χ0n) is 13.6. The van der Waals surface area contributed by atoms with Gasteiger partial charge in [0.05, 0.1) is 0 Å². The predicted molar refractivity (Wildman–Crippen MR) is 83.5 cm³/mol. The minimum Gasteiger partial charge on any atom is -0.311 e. The summed E-state index contributed by atoms with van der Waals surface area (Å²) in [6.07, 6.45) is 8.56. The van der Waals surface area contributed by atoms with Crippen LogP contribution in [0.5, 0.6) is 0 Å². The molecule has 0 aromatic carbocycles. The van der Waals surface area contributed by atoms with Gasteiger partial charge in [0.1, 0.15) is 0 Å². The zero-order valence-corrected chi connectivity index (χ0v) is 13.6. The molecule has 1 N–H and O–H groups in total. The molecule has 112 valence electrons. The Labute approximate surface area is 120 Å². The van der Waals surface area contributed by atoms with Crippen LogP contribution in [0.4, 0.5) is 0 Å². The van der Waals surface area contributed by atoms with Crippen LogP contribution in [0, 0.1) is 11.3 Å². The van der Waals surface area contributed by atoms with E-state index in [2.05, 4.69) is 37.9 Å². The van der Waals surface area contributed by atoms with Gasteiger partial charge in [-0.15, -0.1) is 0 Å². The molecule has 19 heavy (non-hydrogen) atoms. The van der Waals surface area contributed by atoms with Gasteiger partial charge in [-0.2, -0.15) is 0 Å². The molecule has 0 unspecified atom stereocenters. The third-order valence-corrected chi connectivity index (χ3v) is 5.09. The summed E-state index contributed by atoms with van der Waals surface area (Å²) in [6, 6.07) is 0. The summed E-state index contributed by atoms with van der Waals surface area (Å²) in [5.74, 6) is 0.948. The first-order valence-electron chi connectivity index (χ1n) is 8.36. The number of rotatable bonds is 4. The average molecular weight is 266 g/mol. The lowest BCUT2D eigenvalue weighted by Gasteiger charge is -2.40. The fraction of sp³-hybridized carbons (Fsp3) is 1.00. The summed E-state index contributed by atoms with van der Waals surface area (Å²) in [5.41, 5.74) is 0.819. The summed E-state index contributed by atoms with van der Waals surface area (Å²) < 4.78 is 0. The molecule has 1 aliphatic carbocycles. The first kappa shape index (κ1) is 15.3. The summed E-state index contributed by atoms with van der Waals surface area (Å²) >= 11 is 0. The van der Waals surface area contributed by atoms with Crippen molar-refractivity contribution in [3.63, 3.8) is 0 Å². The van der Waals surface area contributed by atoms with Crippen molar-refractivity contribution in [2.45, 2.75) is 71.8 Å². The summed E-state index contributed by atoms with van der Waals surface area (Å²) in [5, 5.41) is 3.78. The van der Waals surface area contributed by atoms with Gasteiger partial charge in [-0.3, -0.25) is 0 Å². The molecule has 1 saturated carbocycles. The zero-order chi connectivity index (χ0) is 13.9. The van der Waals surface area contributed by atoms with Crippen molar-refractivity contribution >= 4 is 0 Å². The van der Waals surface area contributed by atoms with E-state index in [4.69, 9.17) is 0 Å². The van der Waals surface area contributed by atoms with Gasteiger partial charge >= 0.3 is 0 Å². The molecule has 0 aromatic rings. The molecule has 0 amide bonds. The van der Waals surface area contributed by atoms with E-state index in [1.807, 2.05) is 0 Å². The SMILES string of the molecule is CC1CCN(CC2(CNC(C)(C)C)CCCC2)CC1. The molecule has 0 atom stereocenters. The van der Waals surface area contributed by atoms with Crippen LogP contribution in [-0.2, 0) is 0 Å². The van der Waals surface area contributed by atoms with Gasteiger partial charge in [-0.05, 0) is 70.9 Å². The first-order valence-corrected chi connectivity index (χ1v) is 8.36. The second-order valence-corrected chi connectivity index (χ2v) is 8.27. The Kier molecular flexibility index (Phi) is 4.94. The standard InChI is InChI=1S/C17H34N2/c1-15-7-11-19(12-8-15)14-17(9-5-6-10-17)13-18-16(2,3)4/h15,18H,5-14H2,1-4H3. The van der Waals surface area contributed by atoms with Crippen molar-refractivity contribution in [1.29, 1.82) is 0 Å². The van der Waals surface area contributed by atoms with Crippen molar-refractivity contribution in [1.82, 2.24) is 10.2 Å². The van der Waals surface area contributed by atoms with Gasteiger partial charge in [0.15, 0.2) is 0 Å². The Morgan fingerprint density at radius 3 is 2.21 bits per heavy atom. The summed E-state index contributed by atoms with van der Waals surface area (Å²) in [7, 11) is 0. The normalized spacial score (nSPS) is 25.9. The molecule has 2 nitrogen and oxygen atoms in total. The van der Waals surface area contributed by atoms with E-state index >= 15 is 0 Å². The third kappa shape index (κ3) is 4.75. The molecule has 1 saturated heterocycles. The Morgan fingerprint density at radius 2 is 1.68 bits per heavy atom. The van der Waals surface area contributed by atoms with Crippen molar-refractivity contribution in [3.05, 3.63) is 0 Å². The molecule has 2 fully saturated rings. The van der Waals surface area contributed by atoms with Gasteiger partial charge in [-0.1, -0.05) is 19.8 Å². The fourth-order valence-corrected chi connectivity index (χ4v) is 3.66. The second-order valence-electron chi connectivity index (χ2n) is 8.27. The quantitative estimate of drug-likeness (QED) is 0.835. The Morgan fingerprint density at radius 1 is 1.11 bits per heavy atom. The largest absolute Gasteiger partial charge is 0.311 e. The van der Waals surface area contributed by atoms with Gasteiger partial charge in [-0.25, -0.2) is 0 Å². The molecule has 0 radical (unpaired) electrons. The number of piperidine rings is 1. The van der Waals surface area contributed by atoms with Crippen LogP contribution in [0.15, 0.2) is 0 Å². The van der Waals surface area contributed by atoms with Crippen LogP contribution in [0.25, 0.3) is 0 Å². The molecular weight excluding hydrogens is 232 g/mol. The van der Waals surface area contributed by atoms with Gasteiger partial charge in [0.25, 0.3) is 0 Å². The van der Waals surface area contributed by atoms with Crippen molar-refractivity contribution < 1.29 is 0 Å². The summed E-state index contributed by atoms with van der Waals surface area (Å²) in [6.45, 7) is 14.5. The number of likely N-dealkylation sites (tertiary alicyclic amines) is 1. The van der Waals surface area contributed by atoms with Crippen LogP contribution >= 0.6 is 0 Å². The van der Waals surface area contributed by atoms with E-state index in [-0.39, 0.29) is 5.54 Å². The molecule has 1 heterocycles. The maximum atomic E-state index is 3.78. The van der Waals surface area contributed by atoms with Crippen LogP contribution in [-0.4, -0.2) is 36.6 Å². The van der Waals surface area contributed by atoms with E-state index < -0.39 is 0 Å². The fourth-order valence-electron chi connectivity index (χ4n) is 3.66. The van der Waals surface area contributed by atoms with Gasteiger partial charge in [0.2, 0.25) is 0 Å². The molecule has 0 aromatic heterocycles. The predicted octanol–water partition coefficient (Wildman–Crippen LogP) is 3.67. The number of hydrogen-bond donors (Lipinski definition) is 1. The highest BCUT2D eigenvalue weighted by Gasteiger charge is 2.36. The van der Waals surface area contributed by atoms with Crippen LogP contribution in [0.1, 0.15) is 66.2 Å². The topological polar surface area (TPSA) is 15.3 Å². The Balaban J connectivity index is 1.88. The van der Waals surface area contributed by atoms with Crippen LogP contribution < -0.4 is 5.32 Å². The van der Waals surface area contributed by atoms with E-state index in [0.717, 1.165) is 5.92 Å². The van der Waals surface area contributed by atoms with E-state index in [1.165, 1.54) is 64.7 Å². The molecule has 2 heteroatoms. The number of hydrogen-bond acceptors (Lipinski definition) is 2. The monoisotopic (exact) mass is 266 g/mol. The maximum Gasteiger partial charge on any atom is 0.00967 e. The lowest BCUT2D eigenvalue weighted by atomic mass is 9.83. The highest BCUT2D eigenvalue weighted by molar-refractivity contribution is 4.92. The Bertz CT molecular complexity index is 265. The average Bonchev–Trinajstić information content (AvgIpc) is 2.78. The van der Waals surface area contributed by atoms with Gasteiger partial charge in [0, 0.05) is 18.6 Å². The van der Waals surface area contributed by atoms with Crippen molar-refractivity contribution in [3.8, 4) is 0 Å². The Hall–Kier alpha value is -0.0800. The minimum absolute atomic E-state index is 0.256. The maximum absolute atomic E-state index is 3.78. The first-order chi connectivity index (χ1) is 8.89. The smallest absolute Gasteiger partial charge is 0.00967 e. The molecule has 1 aliphatic heterocycles. The highest BCUT2D eigenvalue weighted by Crippen LogP contribution is 2.39. The van der Waals surface area contributed by atoms with Crippen molar-refractivity contribution in [2.75, 3.05) is 26.2 Å². The minimum atomic E-state index is 0.256. The molecule has 0 bridgehead atoms. The lowest BCUT2D eigenvalue weighted by molar-refractivity contribution is 0.108. The van der Waals surface area contributed by atoms with Crippen LogP contribution in [0.2, 0.25) is 0 Å².